The molecule has 1 atom stereocenters. The molecule has 0 bridgehead atoms. The molecule has 0 spiro atoms. The standard InChI is InChI=1S/C14H21N3O5S/c1-21-8-9-22-13-6-5-11(10-15-13)16-14(18)12-4-3-7-17(12)23(2,19)20/h5-6,10,12H,3-4,7-9H2,1-2H3,(H,16,18). The van der Waals surface area contributed by atoms with Crippen LogP contribution >= 0.6 is 0 Å². The molecule has 1 fully saturated rings. The summed E-state index contributed by atoms with van der Waals surface area (Å²) in [6, 6.07) is 2.63. The lowest BCUT2D eigenvalue weighted by atomic mass is 10.2. The molecule has 1 aromatic rings. The van der Waals surface area contributed by atoms with Gasteiger partial charge in [-0.2, -0.15) is 4.31 Å². The molecule has 1 unspecified atom stereocenters. The maximum Gasteiger partial charge on any atom is 0.242 e. The highest BCUT2D eigenvalue weighted by molar-refractivity contribution is 7.88. The molecule has 9 heteroatoms. The monoisotopic (exact) mass is 343 g/mol. The minimum absolute atomic E-state index is 0.345. The van der Waals surface area contributed by atoms with Crippen molar-refractivity contribution in [2.45, 2.75) is 18.9 Å². The number of hydrogen-bond donors (Lipinski definition) is 1. The zero-order valence-electron chi connectivity index (χ0n) is 13.2. The summed E-state index contributed by atoms with van der Waals surface area (Å²) in [5.41, 5.74) is 0.495. The number of carbonyl (C=O) groups is 1. The third-order valence-corrected chi connectivity index (χ3v) is 4.76. The molecule has 2 heterocycles. The number of anilines is 1. The highest BCUT2D eigenvalue weighted by Crippen LogP contribution is 2.22. The topological polar surface area (TPSA) is 97.8 Å². The Bertz CT molecular complexity index is 632. The van der Waals surface area contributed by atoms with Crippen molar-refractivity contribution >= 4 is 21.6 Å². The van der Waals surface area contributed by atoms with E-state index in [2.05, 4.69) is 10.3 Å². The number of amides is 1. The fourth-order valence-electron chi connectivity index (χ4n) is 2.39. The molecule has 1 amide bonds. The summed E-state index contributed by atoms with van der Waals surface area (Å²) in [7, 11) is -1.80. The van der Waals surface area contributed by atoms with E-state index in [1.54, 1.807) is 19.2 Å². The largest absolute Gasteiger partial charge is 0.475 e. The van der Waals surface area contributed by atoms with Crippen molar-refractivity contribution in [1.29, 1.82) is 0 Å². The van der Waals surface area contributed by atoms with Crippen LogP contribution in [0.3, 0.4) is 0 Å². The van der Waals surface area contributed by atoms with Crippen molar-refractivity contribution in [3.8, 4) is 5.88 Å². The van der Waals surface area contributed by atoms with Crippen molar-refractivity contribution in [3.63, 3.8) is 0 Å². The lowest BCUT2D eigenvalue weighted by Gasteiger charge is -2.21. The van der Waals surface area contributed by atoms with Crippen LogP contribution in [0.25, 0.3) is 0 Å². The summed E-state index contributed by atoms with van der Waals surface area (Å²) in [5, 5.41) is 2.69. The van der Waals surface area contributed by atoms with Crippen LogP contribution in [0.1, 0.15) is 12.8 Å². The predicted octanol–water partition coefficient (Wildman–Crippen LogP) is 0.469. The van der Waals surface area contributed by atoms with Crippen molar-refractivity contribution in [2.75, 3.05) is 38.4 Å². The quantitative estimate of drug-likeness (QED) is 0.723. The molecular formula is C14H21N3O5S. The van der Waals surface area contributed by atoms with E-state index < -0.39 is 16.1 Å². The Kier molecular flexibility index (Phi) is 5.91. The van der Waals surface area contributed by atoms with Gasteiger partial charge < -0.3 is 14.8 Å². The van der Waals surface area contributed by atoms with Gasteiger partial charge in [0.05, 0.1) is 24.7 Å². The van der Waals surface area contributed by atoms with Crippen LogP contribution < -0.4 is 10.1 Å². The lowest BCUT2D eigenvalue weighted by molar-refractivity contribution is -0.119. The summed E-state index contributed by atoms with van der Waals surface area (Å²) < 4.78 is 34.8. The first-order chi connectivity index (χ1) is 10.9. The number of pyridine rings is 1. The zero-order valence-corrected chi connectivity index (χ0v) is 14.0. The van der Waals surface area contributed by atoms with Crippen LogP contribution in [-0.4, -0.2) is 62.8 Å². The van der Waals surface area contributed by atoms with E-state index in [1.807, 2.05) is 0 Å². The molecule has 0 radical (unpaired) electrons. The van der Waals surface area contributed by atoms with Gasteiger partial charge in [0.1, 0.15) is 12.6 Å². The number of carbonyl (C=O) groups excluding carboxylic acids is 1. The van der Waals surface area contributed by atoms with Crippen LogP contribution in [0.4, 0.5) is 5.69 Å². The molecule has 0 saturated carbocycles. The van der Waals surface area contributed by atoms with Crippen LogP contribution in [0.5, 0.6) is 5.88 Å². The normalized spacial score (nSPS) is 18.8. The fourth-order valence-corrected chi connectivity index (χ4v) is 3.52. The van der Waals surface area contributed by atoms with Crippen LogP contribution in [0.2, 0.25) is 0 Å². The number of ether oxygens (including phenoxy) is 2. The molecule has 0 aliphatic carbocycles. The number of nitrogens with one attached hydrogen (secondary N) is 1. The Morgan fingerprint density at radius 1 is 1.43 bits per heavy atom. The van der Waals surface area contributed by atoms with E-state index in [1.165, 1.54) is 10.5 Å². The van der Waals surface area contributed by atoms with E-state index in [4.69, 9.17) is 9.47 Å². The van der Waals surface area contributed by atoms with E-state index in [-0.39, 0.29) is 5.91 Å². The van der Waals surface area contributed by atoms with Crippen LogP contribution in [-0.2, 0) is 19.6 Å². The zero-order chi connectivity index (χ0) is 16.9. The number of nitrogens with zero attached hydrogens (tertiary/aromatic N) is 2. The van der Waals surface area contributed by atoms with Crippen LogP contribution in [0.15, 0.2) is 18.3 Å². The van der Waals surface area contributed by atoms with Crippen molar-refractivity contribution < 1.29 is 22.7 Å². The van der Waals surface area contributed by atoms with Gasteiger partial charge in [0.15, 0.2) is 0 Å². The Labute approximate surface area is 135 Å². The number of aromatic nitrogens is 1. The molecule has 23 heavy (non-hydrogen) atoms. The minimum atomic E-state index is -3.38. The first-order valence-corrected chi connectivity index (χ1v) is 9.12. The number of hydrogen-bond acceptors (Lipinski definition) is 6. The van der Waals surface area contributed by atoms with Gasteiger partial charge in [-0.1, -0.05) is 0 Å². The molecule has 1 aromatic heterocycles. The third kappa shape index (κ3) is 4.88. The first kappa shape index (κ1) is 17.6. The van der Waals surface area contributed by atoms with Crippen molar-refractivity contribution in [3.05, 3.63) is 18.3 Å². The molecule has 128 valence electrons. The highest BCUT2D eigenvalue weighted by Gasteiger charge is 2.36. The molecule has 1 saturated heterocycles. The Morgan fingerprint density at radius 3 is 2.83 bits per heavy atom. The highest BCUT2D eigenvalue weighted by atomic mass is 32.2. The van der Waals surface area contributed by atoms with Gasteiger partial charge in [0.25, 0.3) is 0 Å². The molecular weight excluding hydrogens is 322 g/mol. The Hall–Kier alpha value is -1.71. The molecule has 2 rings (SSSR count). The van der Waals surface area contributed by atoms with E-state index >= 15 is 0 Å². The van der Waals surface area contributed by atoms with E-state index in [0.29, 0.717) is 44.2 Å². The van der Waals surface area contributed by atoms with Crippen molar-refractivity contribution in [2.24, 2.45) is 0 Å². The van der Waals surface area contributed by atoms with Gasteiger partial charge in [-0.05, 0) is 18.9 Å². The predicted molar refractivity (Wildman–Crippen MR) is 84.8 cm³/mol. The average Bonchev–Trinajstić information content (AvgIpc) is 2.99. The average molecular weight is 343 g/mol. The second kappa shape index (κ2) is 7.71. The summed E-state index contributed by atoms with van der Waals surface area (Å²) in [4.78, 5) is 16.3. The Balaban J connectivity index is 1.95. The van der Waals surface area contributed by atoms with Gasteiger partial charge >= 0.3 is 0 Å². The fraction of sp³-hybridized carbons (Fsp3) is 0.571. The smallest absolute Gasteiger partial charge is 0.242 e. The lowest BCUT2D eigenvalue weighted by Crippen LogP contribution is -2.42. The number of sulfonamides is 1. The van der Waals surface area contributed by atoms with E-state index in [0.717, 1.165) is 6.26 Å². The summed E-state index contributed by atoms with van der Waals surface area (Å²) in [6.45, 7) is 1.23. The van der Waals surface area contributed by atoms with Gasteiger partial charge in [0, 0.05) is 19.7 Å². The maximum absolute atomic E-state index is 12.3. The van der Waals surface area contributed by atoms with Gasteiger partial charge in [-0.15, -0.1) is 0 Å². The second-order valence-electron chi connectivity index (χ2n) is 5.25. The molecule has 1 aliphatic heterocycles. The molecule has 1 N–H and O–H groups in total. The molecule has 1 aliphatic rings. The third-order valence-electron chi connectivity index (χ3n) is 3.47. The van der Waals surface area contributed by atoms with Crippen LogP contribution in [0, 0.1) is 0 Å². The number of methoxy groups -OCH3 is 1. The number of rotatable bonds is 7. The minimum Gasteiger partial charge on any atom is -0.475 e. The maximum atomic E-state index is 12.3. The second-order valence-corrected chi connectivity index (χ2v) is 7.18. The van der Waals surface area contributed by atoms with Gasteiger partial charge in [0.2, 0.25) is 21.8 Å². The summed E-state index contributed by atoms with van der Waals surface area (Å²) >= 11 is 0. The Morgan fingerprint density at radius 2 is 2.22 bits per heavy atom. The molecule has 0 aromatic carbocycles. The van der Waals surface area contributed by atoms with Crippen molar-refractivity contribution in [1.82, 2.24) is 9.29 Å². The van der Waals surface area contributed by atoms with E-state index in [9.17, 15) is 13.2 Å². The van der Waals surface area contributed by atoms with Gasteiger partial charge in [-0.25, -0.2) is 13.4 Å². The summed E-state index contributed by atoms with van der Waals surface area (Å²) in [6.07, 6.45) is 3.78. The summed E-state index contributed by atoms with van der Waals surface area (Å²) in [5.74, 6) is 0.0847. The van der Waals surface area contributed by atoms with Gasteiger partial charge in [-0.3, -0.25) is 4.79 Å². The first-order valence-electron chi connectivity index (χ1n) is 7.27. The molecule has 8 nitrogen and oxygen atoms in total. The SMILES string of the molecule is COCCOc1ccc(NC(=O)C2CCCN2S(C)(=O)=O)cn1.